The van der Waals surface area contributed by atoms with Gasteiger partial charge in [0.1, 0.15) is 0 Å². The van der Waals surface area contributed by atoms with E-state index in [9.17, 15) is 4.79 Å². The molecule has 0 saturated heterocycles. The number of nitrogens with zero attached hydrogens (tertiary/aromatic N) is 2. The van der Waals surface area contributed by atoms with Crippen LogP contribution in [0.4, 0.5) is 0 Å². The lowest BCUT2D eigenvalue weighted by Crippen LogP contribution is -2.11. The summed E-state index contributed by atoms with van der Waals surface area (Å²) in [6.45, 7) is 0. The third-order valence-corrected chi connectivity index (χ3v) is 3.52. The summed E-state index contributed by atoms with van der Waals surface area (Å²) in [5.41, 5.74) is 2.28. The summed E-state index contributed by atoms with van der Waals surface area (Å²) < 4.78 is 1.98. The maximum atomic E-state index is 11.7. The molecule has 0 N–H and O–H groups in total. The smallest absolute Gasteiger partial charge is 0.155 e. The first kappa shape index (κ1) is 11.2. The first-order valence-corrected chi connectivity index (χ1v) is 6.42. The molecule has 0 bridgehead atoms. The summed E-state index contributed by atoms with van der Waals surface area (Å²) in [6.07, 6.45) is 7.33. The fourth-order valence-electron chi connectivity index (χ4n) is 2.56. The minimum Gasteiger partial charge on any atom is -0.327 e. The lowest BCUT2D eigenvalue weighted by molar-refractivity contribution is -0.120. The van der Waals surface area contributed by atoms with Gasteiger partial charge in [0, 0.05) is 19.0 Å². The zero-order valence-electron chi connectivity index (χ0n) is 10.2. The number of rotatable bonds is 3. The van der Waals surface area contributed by atoms with Gasteiger partial charge in [-0.2, -0.15) is 0 Å². The predicted octanol–water partition coefficient (Wildman–Crippen LogP) is 2.77. The lowest BCUT2D eigenvalue weighted by Gasteiger charge is -2.08. The molecule has 1 heterocycles. The standard InChI is InChI=1S/C15H16N2O/c18-15-8-4-7-14(15)17-10-13(16-11-17)9-12-5-2-1-3-6-12/h1-3,5-6,10-11,14H,4,7-9H2. The first-order chi connectivity index (χ1) is 8.83. The molecular weight excluding hydrogens is 224 g/mol. The Morgan fingerprint density at radius 2 is 2.11 bits per heavy atom. The van der Waals surface area contributed by atoms with Crippen LogP contribution in [0.25, 0.3) is 0 Å². The number of benzene rings is 1. The van der Waals surface area contributed by atoms with Crippen LogP contribution < -0.4 is 0 Å². The van der Waals surface area contributed by atoms with E-state index in [-0.39, 0.29) is 6.04 Å². The first-order valence-electron chi connectivity index (χ1n) is 6.42. The van der Waals surface area contributed by atoms with Gasteiger partial charge in [0.15, 0.2) is 5.78 Å². The van der Waals surface area contributed by atoms with E-state index in [1.165, 1.54) is 5.56 Å². The number of imidazole rings is 1. The molecule has 1 saturated carbocycles. The van der Waals surface area contributed by atoms with Gasteiger partial charge in [-0.3, -0.25) is 4.79 Å². The Balaban J connectivity index is 1.76. The molecule has 1 aromatic heterocycles. The number of aromatic nitrogens is 2. The molecule has 0 radical (unpaired) electrons. The minimum atomic E-state index is 0.0297. The molecule has 18 heavy (non-hydrogen) atoms. The van der Waals surface area contributed by atoms with Crippen LogP contribution in [0.15, 0.2) is 42.9 Å². The zero-order chi connectivity index (χ0) is 12.4. The van der Waals surface area contributed by atoms with Crippen molar-refractivity contribution in [3.05, 3.63) is 54.1 Å². The van der Waals surface area contributed by atoms with Gasteiger partial charge in [0.05, 0.1) is 18.1 Å². The van der Waals surface area contributed by atoms with Crippen LogP contribution in [-0.4, -0.2) is 15.3 Å². The Morgan fingerprint density at radius 3 is 2.83 bits per heavy atom. The van der Waals surface area contributed by atoms with Gasteiger partial charge in [-0.15, -0.1) is 0 Å². The van der Waals surface area contributed by atoms with Crippen LogP contribution in [0, 0.1) is 0 Å². The topological polar surface area (TPSA) is 34.9 Å². The van der Waals surface area contributed by atoms with Crippen molar-refractivity contribution in [2.75, 3.05) is 0 Å². The molecule has 1 atom stereocenters. The van der Waals surface area contributed by atoms with Crippen molar-refractivity contribution in [1.82, 2.24) is 9.55 Å². The quantitative estimate of drug-likeness (QED) is 0.826. The summed E-state index contributed by atoms with van der Waals surface area (Å²) in [4.78, 5) is 16.1. The molecule has 3 nitrogen and oxygen atoms in total. The van der Waals surface area contributed by atoms with Gasteiger partial charge in [0.2, 0.25) is 0 Å². The van der Waals surface area contributed by atoms with Crippen LogP contribution in [0.5, 0.6) is 0 Å². The van der Waals surface area contributed by atoms with Crippen LogP contribution in [-0.2, 0) is 11.2 Å². The van der Waals surface area contributed by atoms with Crippen molar-refractivity contribution in [2.45, 2.75) is 31.7 Å². The molecule has 1 aromatic carbocycles. The van der Waals surface area contributed by atoms with Gasteiger partial charge in [-0.1, -0.05) is 30.3 Å². The molecule has 1 aliphatic rings. The predicted molar refractivity (Wildman–Crippen MR) is 69.4 cm³/mol. The number of carbonyl (C=O) groups is 1. The van der Waals surface area contributed by atoms with Crippen molar-refractivity contribution in [3.63, 3.8) is 0 Å². The molecule has 1 unspecified atom stereocenters. The fraction of sp³-hybridized carbons (Fsp3) is 0.333. The highest BCUT2D eigenvalue weighted by atomic mass is 16.1. The van der Waals surface area contributed by atoms with Gasteiger partial charge in [-0.25, -0.2) is 4.98 Å². The number of hydrogen-bond acceptors (Lipinski definition) is 2. The summed E-state index contributed by atoms with van der Waals surface area (Å²) in [6, 6.07) is 10.3. The second-order valence-electron chi connectivity index (χ2n) is 4.85. The van der Waals surface area contributed by atoms with E-state index in [2.05, 4.69) is 17.1 Å². The molecule has 2 aromatic rings. The molecular formula is C15H16N2O. The van der Waals surface area contributed by atoms with Gasteiger partial charge in [0.25, 0.3) is 0 Å². The van der Waals surface area contributed by atoms with Crippen LogP contribution >= 0.6 is 0 Å². The molecule has 1 fully saturated rings. The van der Waals surface area contributed by atoms with E-state index >= 15 is 0 Å². The second-order valence-corrected chi connectivity index (χ2v) is 4.85. The van der Waals surface area contributed by atoms with Crippen LogP contribution in [0.2, 0.25) is 0 Å². The molecule has 92 valence electrons. The Morgan fingerprint density at radius 1 is 1.28 bits per heavy atom. The van der Waals surface area contributed by atoms with Crippen molar-refractivity contribution >= 4 is 5.78 Å². The molecule has 3 heteroatoms. The molecule has 3 rings (SSSR count). The number of ketones is 1. The number of Topliss-reactive ketones (excluding diaryl/α,β-unsaturated/α-hetero) is 1. The highest BCUT2D eigenvalue weighted by molar-refractivity contribution is 5.84. The Kier molecular flexibility index (Phi) is 2.97. The molecule has 0 spiro atoms. The van der Waals surface area contributed by atoms with E-state index in [1.807, 2.05) is 29.0 Å². The SMILES string of the molecule is O=C1CCCC1n1cnc(Cc2ccccc2)c1. The summed E-state index contributed by atoms with van der Waals surface area (Å²) >= 11 is 0. The maximum Gasteiger partial charge on any atom is 0.155 e. The van der Waals surface area contributed by atoms with E-state index in [4.69, 9.17) is 0 Å². The monoisotopic (exact) mass is 240 g/mol. The highest BCUT2D eigenvalue weighted by Crippen LogP contribution is 2.26. The normalized spacial score (nSPS) is 19.3. The summed E-state index contributed by atoms with van der Waals surface area (Å²) in [7, 11) is 0. The average Bonchev–Trinajstić information content (AvgIpc) is 2.99. The minimum absolute atomic E-state index is 0.0297. The van der Waals surface area contributed by atoms with E-state index < -0.39 is 0 Å². The number of carbonyl (C=O) groups excluding carboxylic acids is 1. The van der Waals surface area contributed by atoms with Gasteiger partial charge in [-0.05, 0) is 18.4 Å². The Hall–Kier alpha value is -1.90. The maximum absolute atomic E-state index is 11.7. The largest absolute Gasteiger partial charge is 0.327 e. The molecule has 1 aliphatic carbocycles. The fourth-order valence-corrected chi connectivity index (χ4v) is 2.56. The average molecular weight is 240 g/mol. The number of hydrogen-bond donors (Lipinski definition) is 0. The van der Waals surface area contributed by atoms with Crippen molar-refractivity contribution in [3.8, 4) is 0 Å². The van der Waals surface area contributed by atoms with Crippen molar-refractivity contribution < 1.29 is 4.79 Å². The van der Waals surface area contributed by atoms with Crippen molar-refractivity contribution in [2.24, 2.45) is 0 Å². The second kappa shape index (κ2) is 4.77. The Bertz CT molecular complexity index is 545. The van der Waals surface area contributed by atoms with Crippen LogP contribution in [0.3, 0.4) is 0 Å². The van der Waals surface area contributed by atoms with Gasteiger partial charge >= 0.3 is 0 Å². The van der Waals surface area contributed by atoms with Crippen molar-refractivity contribution in [1.29, 1.82) is 0 Å². The van der Waals surface area contributed by atoms with Gasteiger partial charge < -0.3 is 4.57 Å². The lowest BCUT2D eigenvalue weighted by atomic mass is 10.1. The summed E-state index contributed by atoms with van der Waals surface area (Å²) in [5.74, 6) is 0.346. The molecule has 0 aliphatic heterocycles. The van der Waals surface area contributed by atoms with Crippen LogP contribution in [0.1, 0.15) is 36.6 Å². The molecule has 0 amide bonds. The third-order valence-electron chi connectivity index (χ3n) is 3.52. The zero-order valence-corrected chi connectivity index (χ0v) is 10.2. The van der Waals surface area contributed by atoms with E-state index in [0.717, 1.165) is 31.4 Å². The highest BCUT2D eigenvalue weighted by Gasteiger charge is 2.25. The van der Waals surface area contributed by atoms with E-state index in [1.54, 1.807) is 6.33 Å². The van der Waals surface area contributed by atoms with E-state index in [0.29, 0.717) is 5.78 Å². The Labute approximate surface area is 106 Å². The summed E-state index contributed by atoms with van der Waals surface area (Å²) in [5, 5.41) is 0. The third kappa shape index (κ3) is 2.21.